The zero-order valence-electron chi connectivity index (χ0n) is 15.3. The van der Waals surface area contributed by atoms with Crippen LogP contribution in [0.1, 0.15) is 5.76 Å². The number of rotatable bonds is 6. The minimum absolute atomic E-state index is 0.0215. The molecule has 0 aliphatic rings. The summed E-state index contributed by atoms with van der Waals surface area (Å²) in [5.41, 5.74) is 6.40. The molecule has 2 amide bonds. The number of aromatic nitrogens is 1. The summed E-state index contributed by atoms with van der Waals surface area (Å²) in [6, 6.07) is 11.7. The highest BCUT2D eigenvalue weighted by Crippen LogP contribution is 2.38. The molecule has 0 aliphatic heterocycles. The summed E-state index contributed by atoms with van der Waals surface area (Å²) in [5.74, 6) is 0.632. The van der Waals surface area contributed by atoms with Gasteiger partial charge in [0.05, 0.1) is 17.6 Å². The van der Waals surface area contributed by atoms with Gasteiger partial charge in [-0.2, -0.15) is 5.06 Å². The molecule has 0 saturated heterocycles. The number of primary amides is 1. The molecular formula is C18H18N4O6S. The zero-order valence-corrected chi connectivity index (χ0v) is 16.1. The van der Waals surface area contributed by atoms with E-state index in [1.807, 2.05) is 0 Å². The standard InChI is InChI=1S/C18H18N4O6S/c1-27-12-8-6-11(7-9-12)17-16(14(28-21-17)10-22(24)18(19)23)13-4-2-3-5-15(13)29(20,25)26/h2-9,24H,10H2,1H3,(H2,19,23)(H2,20,25,26). The first kappa shape index (κ1) is 20.3. The van der Waals surface area contributed by atoms with Gasteiger partial charge >= 0.3 is 6.03 Å². The van der Waals surface area contributed by atoms with Crippen molar-refractivity contribution < 1.29 is 27.7 Å². The summed E-state index contributed by atoms with van der Waals surface area (Å²) in [6.45, 7) is -0.452. The molecule has 0 unspecified atom stereocenters. The molecule has 152 valence electrons. The molecular weight excluding hydrogens is 400 g/mol. The average molecular weight is 418 g/mol. The van der Waals surface area contributed by atoms with Gasteiger partial charge in [0, 0.05) is 11.1 Å². The fraction of sp³-hybridized carbons (Fsp3) is 0.111. The fourth-order valence-electron chi connectivity index (χ4n) is 2.79. The highest BCUT2D eigenvalue weighted by atomic mass is 32.2. The lowest BCUT2D eigenvalue weighted by atomic mass is 9.99. The van der Waals surface area contributed by atoms with Crippen molar-refractivity contribution in [1.29, 1.82) is 0 Å². The van der Waals surface area contributed by atoms with Crippen LogP contribution in [-0.2, 0) is 16.6 Å². The van der Waals surface area contributed by atoms with E-state index >= 15 is 0 Å². The van der Waals surface area contributed by atoms with Crippen molar-refractivity contribution in [2.24, 2.45) is 10.9 Å². The Morgan fingerprint density at radius 2 is 1.86 bits per heavy atom. The van der Waals surface area contributed by atoms with Crippen molar-refractivity contribution in [2.45, 2.75) is 11.4 Å². The number of carbonyl (C=O) groups is 1. The fourth-order valence-corrected chi connectivity index (χ4v) is 3.54. The van der Waals surface area contributed by atoms with Crippen molar-refractivity contribution in [1.82, 2.24) is 10.2 Å². The average Bonchev–Trinajstić information content (AvgIpc) is 3.10. The maximum absolute atomic E-state index is 12.1. The molecule has 10 nitrogen and oxygen atoms in total. The van der Waals surface area contributed by atoms with Crippen LogP contribution in [0.5, 0.6) is 5.75 Å². The molecule has 1 heterocycles. The molecule has 0 saturated carbocycles. The van der Waals surface area contributed by atoms with Gasteiger partial charge in [-0.3, -0.25) is 5.21 Å². The van der Waals surface area contributed by atoms with Crippen LogP contribution in [0, 0.1) is 0 Å². The third-order valence-electron chi connectivity index (χ3n) is 4.14. The number of primary sulfonamides is 1. The lowest BCUT2D eigenvalue weighted by molar-refractivity contribution is -0.0521. The topological polar surface area (TPSA) is 162 Å². The smallest absolute Gasteiger partial charge is 0.338 e. The Morgan fingerprint density at radius 1 is 1.21 bits per heavy atom. The van der Waals surface area contributed by atoms with Crippen LogP contribution < -0.4 is 15.6 Å². The predicted octanol–water partition coefficient (Wildman–Crippen LogP) is 1.93. The van der Waals surface area contributed by atoms with Gasteiger partial charge in [0.25, 0.3) is 0 Å². The van der Waals surface area contributed by atoms with Crippen LogP contribution in [-0.4, -0.2) is 37.0 Å². The highest BCUT2D eigenvalue weighted by Gasteiger charge is 2.26. The van der Waals surface area contributed by atoms with Gasteiger partial charge in [-0.05, 0) is 30.3 Å². The van der Waals surface area contributed by atoms with E-state index in [1.165, 1.54) is 25.3 Å². The number of sulfonamides is 1. The van der Waals surface area contributed by atoms with Crippen molar-refractivity contribution in [3.63, 3.8) is 0 Å². The molecule has 0 fully saturated rings. The van der Waals surface area contributed by atoms with E-state index in [-0.39, 0.29) is 32.5 Å². The number of hydroxylamine groups is 2. The number of methoxy groups -OCH3 is 1. The van der Waals surface area contributed by atoms with Gasteiger partial charge in [0.2, 0.25) is 10.0 Å². The molecule has 29 heavy (non-hydrogen) atoms. The van der Waals surface area contributed by atoms with Gasteiger partial charge < -0.3 is 15.0 Å². The molecule has 0 spiro atoms. The van der Waals surface area contributed by atoms with Gasteiger partial charge in [0.1, 0.15) is 18.0 Å². The van der Waals surface area contributed by atoms with Crippen LogP contribution >= 0.6 is 0 Å². The van der Waals surface area contributed by atoms with Crippen molar-refractivity contribution >= 4 is 16.1 Å². The summed E-state index contributed by atoms with van der Waals surface area (Å²) in [5, 5.41) is 19.3. The van der Waals surface area contributed by atoms with Crippen LogP contribution in [0.25, 0.3) is 22.4 Å². The lowest BCUT2D eigenvalue weighted by Crippen LogP contribution is -2.32. The number of benzene rings is 2. The van der Waals surface area contributed by atoms with Crippen molar-refractivity contribution in [3.05, 3.63) is 54.3 Å². The largest absolute Gasteiger partial charge is 0.497 e. The van der Waals surface area contributed by atoms with E-state index in [1.54, 1.807) is 30.3 Å². The number of amides is 2. The first-order valence-electron chi connectivity index (χ1n) is 8.23. The third kappa shape index (κ3) is 4.21. The Morgan fingerprint density at radius 3 is 2.45 bits per heavy atom. The predicted molar refractivity (Wildman–Crippen MR) is 102 cm³/mol. The maximum Gasteiger partial charge on any atom is 0.338 e. The summed E-state index contributed by atoms with van der Waals surface area (Å²) in [6.07, 6.45) is 0. The van der Waals surface area contributed by atoms with Crippen LogP contribution in [0.2, 0.25) is 0 Å². The molecule has 1 aromatic heterocycles. The van der Waals surface area contributed by atoms with E-state index in [4.69, 9.17) is 20.1 Å². The number of hydrogen-bond donors (Lipinski definition) is 3. The highest BCUT2D eigenvalue weighted by molar-refractivity contribution is 7.89. The minimum Gasteiger partial charge on any atom is -0.497 e. The van der Waals surface area contributed by atoms with E-state index in [0.29, 0.717) is 11.3 Å². The monoisotopic (exact) mass is 418 g/mol. The molecule has 3 aromatic rings. The number of hydrogen-bond acceptors (Lipinski definition) is 7. The van der Waals surface area contributed by atoms with E-state index in [0.717, 1.165) is 0 Å². The zero-order chi connectivity index (χ0) is 21.2. The number of nitrogens with two attached hydrogens (primary N) is 2. The molecule has 0 aliphatic carbocycles. The normalized spacial score (nSPS) is 11.3. The van der Waals surface area contributed by atoms with Gasteiger partial charge in [-0.25, -0.2) is 18.4 Å². The van der Waals surface area contributed by atoms with Crippen molar-refractivity contribution in [2.75, 3.05) is 7.11 Å². The Bertz CT molecular complexity index is 1140. The number of carbonyl (C=O) groups excluding carboxylic acids is 1. The molecule has 2 aromatic carbocycles. The van der Waals surface area contributed by atoms with Gasteiger partial charge in [-0.15, -0.1) is 0 Å². The number of urea groups is 1. The van der Waals surface area contributed by atoms with Gasteiger partial charge in [0.15, 0.2) is 5.76 Å². The Hall–Kier alpha value is -3.41. The maximum atomic E-state index is 12.1. The molecule has 0 atom stereocenters. The Labute approximate surface area is 166 Å². The second-order valence-corrected chi connectivity index (χ2v) is 7.52. The minimum atomic E-state index is -4.09. The van der Waals surface area contributed by atoms with Crippen LogP contribution in [0.3, 0.4) is 0 Å². The Kier molecular flexibility index (Phi) is 5.55. The number of nitrogens with zero attached hydrogens (tertiary/aromatic N) is 2. The second kappa shape index (κ2) is 7.91. The lowest BCUT2D eigenvalue weighted by Gasteiger charge is -2.13. The van der Waals surface area contributed by atoms with Crippen LogP contribution in [0.15, 0.2) is 57.9 Å². The molecule has 5 N–H and O–H groups in total. The SMILES string of the molecule is COc1ccc(-c2noc(CN(O)C(N)=O)c2-c2ccccc2S(N)(=O)=O)cc1. The summed E-state index contributed by atoms with van der Waals surface area (Å²) in [7, 11) is -2.56. The van der Waals surface area contributed by atoms with E-state index < -0.39 is 22.6 Å². The Balaban J connectivity index is 2.25. The van der Waals surface area contributed by atoms with Gasteiger partial charge in [-0.1, -0.05) is 23.4 Å². The second-order valence-electron chi connectivity index (χ2n) is 5.99. The molecule has 3 rings (SSSR count). The third-order valence-corrected chi connectivity index (χ3v) is 5.11. The van der Waals surface area contributed by atoms with Crippen molar-refractivity contribution in [3.8, 4) is 28.1 Å². The summed E-state index contributed by atoms with van der Waals surface area (Å²) < 4.78 is 34.7. The first-order chi connectivity index (χ1) is 13.7. The summed E-state index contributed by atoms with van der Waals surface area (Å²) >= 11 is 0. The summed E-state index contributed by atoms with van der Waals surface area (Å²) in [4.78, 5) is 11.1. The quantitative estimate of drug-likeness (QED) is 0.407. The molecule has 0 radical (unpaired) electrons. The van der Waals surface area contributed by atoms with Crippen LogP contribution in [0.4, 0.5) is 4.79 Å². The first-order valence-corrected chi connectivity index (χ1v) is 9.78. The molecule has 0 bridgehead atoms. The van der Waals surface area contributed by atoms with E-state index in [9.17, 15) is 18.4 Å². The van der Waals surface area contributed by atoms with E-state index in [2.05, 4.69) is 5.16 Å². The molecule has 11 heteroatoms. The number of ether oxygens (including phenoxy) is 1.